The molecule has 1 aliphatic rings. The highest BCUT2D eigenvalue weighted by molar-refractivity contribution is 5.85. The first-order valence-corrected chi connectivity index (χ1v) is 6.34. The summed E-state index contributed by atoms with van der Waals surface area (Å²) in [4.78, 5) is 23.1. The fraction of sp³-hybridized carbons (Fsp3) is 0.833. The van der Waals surface area contributed by atoms with E-state index in [1.165, 1.54) is 0 Å². The molecule has 0 bridgehead atoms. The normalized spacial score (nSPS) is 20.1. The van der Waals surface area contributed by atoms with E-state index in [1.807, 2.05) is 13.8 Å². The molecule has 5 heteroatoms. The largest absolute Gasteiger partial charge is 0.354 e. The van der Waals surface area contributed by atoms with Gasteiger partial charge in [0.15, 0.2) is 0 Å². The Labute approximate surface area is 103 Å². The van der Waals surface area contributed by atoms with Gasteiger partial charge in [-0.25, -0.2) is 0 Å². The summed E-state index contributed by atoms with van der Waals surface area (Å²) in [7, 11) is 0. The number of rotatable bonds is 5. The lowest BCUT2D eigenvalue weighted by Crippen LogP contribution is -2.44. The second kappa shape index (κ2) is 7.27. The second-order valence-electron chi connectivity index (χ2n) is 4.96. The van der Waals surface area contributed by atoms with Crippen LogP contribution in [0.25, 0.3) is 0 Å². The molecule has 1 atom stereocenters. The van der Waals surface area contributed by atoms with Crippen molar-refractivity contribution in [2.75, 3.05) is 26.2 Å². The highest BCUT2D eigenvalue weighted by atomic mass is 16.2. The molecule has 0 saturated carbocycles. The van der Waals surface area contributed by atoms with E-state index in [0.717, 1.165) is 25.9 Å². The molecule has 1 rings (SSSR count). The Kier molecular flexibility index (Phi) is 5.97. The van der Waals surface area contributed by atoms with E-state index in [0.29, 0.717) is 12.5 Å². The summed E-state index contributed by atoms with van der Waals surface area (Å²) >= 11 is 0. The van der Waals surface area contributed by atoms with Gasteiger partial charge in [0, 0.05) is 13.1 Å². The van der Waals surface area contributed by atoms with Gasteiger partial charge in [0.25, 0.3) is 0 Å². The van der Waals surface area contributed by atoms with Gasteiger partial charge in [0.1, 0.15) is 0 Å². The van der Waals surface area contributed by atoms with Crippen molar-refractivity contribution in [3.8, 4) is 0 Å². The van der Waals surface area contributed by atoms with E-state index in [2.05, 4.69) is 16.0 Å². The lowest BCUT2D eigenvalue weighted by Gasteiger charge is -2.21. The summed E-state index contributed by atoms with van der Waals surface area (Å²) in [6.07, 6.45) is 1.93. The van der Waals surface area contributed by atoms with Gasteiger partial charge >= 0.3 is 0 Å². The van der Waals surface area contributed by atoms with Crippen molar-refractivity contribution in [1.82, 2.24) is 16.0 Å². The van der Waals surface area contributed by atoms with Crippen LogP contribution in [-0.4, -0.2) is 38.0 Å². The van der Waals surface area contributed by atoms with Crippen LogP contribution in [0.3, 0.4) is 0 Å². The minimum absolute atomic E-state index is 0.0154. The Morgan fingerprint density at radius 3 is 2.71 bits per heavy atom. The highest BCUT2D eigenvalue weighted by Crippen LogP contribution is 2.09. The zero-order chi connectivity index (χ0) is 12.7. The first-order valence-electron chi connectivity index (χ1n) is 6.34. The summed E-state index contributed by atoms with van der Waals surface area (Å²) in [5.41, 5.74) is 0. The van der Waals surface area contributed by atoms with Crippen molar-refractivity contribution in [3.05, 3.63) is 0 Å². The molecule has 0 spiro atoms. The summed E-state index contributed by atoms with van der Waals surface area (Å²) in [5, 5.41) is 8.64. The van der Waals surface area contributed by atoms with Gasteiger partial charge in [-0.05, 0) is 25.3 Å². The zero-order valence-corrected chi connectivity index (χ0v) is 10.7. The minimum Gasteiger partial charge on any atom is -0.354 e. The van der Waals surface area contributed by atoms with Gasteiger partial charge < -0.3 is 16.0 Å². The Morgan fingerprint density at radius 2 is 2.12 bits per heavy atom. The van der Waals surface area contributed by atoms with Crippen LogP contribution in [0.5, 0.6) is 0 Å². The molecule has 2 amide bonds. The summed E-state index contributed by atoms with van der Waals surface area (Å²) in [6, 6.07) is 0. The number of carbonyl (C=O) groups is 2. The Balaban J connectivity index is 2.16. The number of carbonyl (C=O) groups excluding carboxylic acids is 2. The quantitative estimate of drug-likeness (QED) is 0.628. The van der Waals surface area contributed by atoms with E-state index in [-0.39, 0.29) is 24.3 Å². The molecule has 3 N–H and O–H groups in total. The van der Waals surface area contributed by atoms with Crippen molar-refractivity contribution in [1.29, 1.82) is 0 Å². The molecule has 0 radical (unpaired) electrons. The standard InChI is InChI=1S/C12H23N3O2/c1-9(2)6-14-11(16)8-15-12(17)10-4-3-5-13-7-10/h9-10,13H,3-8H2,1-2H3,(H,14,16)(H,15,17)/t10-/m1/s1. The maximum atomic E-state index is 11.7. The molecule has 1 aliphatic heterocycles. The molecule has 0 aromatic carbocycles. The summed E-state index contributed by atoms with van der Waals surface area (Å²) in [5.74, 6) is 0.312. The molecule has 0 aromatic heterocycles. The zero-order valence-electron chi connectivity index (χ0n) is 10.7. The van der Waals surface area contributed by atoms with E-state index in [1.54, 1.807) is 0 Å². The fourth-order valence-electron chi connectivity index (χ4n) is 1.77. The molecule has 1 fully saturated rings. The van der Waals surface area contributed by atoms with Crippen LogP contribution in [0.2, 0.25) is 0 Å². The third-order valence-electron chi connectivity index (χ3n) is 2.80. The monoisotopic (exact) mass is 241 g/mol. The van der Waals surface area contributed by atoms with Crippen LogP contribution in [0.1, 0.15) is 26.7 Å². The second-order valence-corrected chi connectivity index (χ2v) is 4.96. The Hall–Kier alpha value is -1.10. The average Bonchev–Trinajstić information content (AvgIpc) is 2.34. The van der Waals surface area contributed by atoms with Crippen molar-refractivity contribution in [2.24, 2.45) is 11.8 Å². The number of hydrogen-bond acceptors (Lipinski definition) is 3. The maximum Gasteiger partial charge on any atom is 0.239 e. The molecule has 0 aromatic rings. The predicted molar refractivity (Wildman–Crippen MR) is 66.5 cm³/mol. The third-order valence-corrected chi connectivity index (χ3v) is 2.80. The van der Waals surface area contributed by atoms with E-state index in [9.17, 15) is 9.59 Å². The molecule has 1 heterocycles. The molecule has 1 saturated heterocycles. The first kappa shape index (κ1) is 14.0. The fourth-order valence-corrected chi connectivity index (χ4v) is 1.77. The van der Waals surface area contributed by atoms with Crippen molar-refractivity contribution in [2.45, 2.75) is 26.7 Å². The molecular weight excluding hydrogens is 218 g/mol. The Bertz CT molecular complexity index is 260. The lowest BCUT2D eigenvalue weighted by molar-refractivity contribution is -0.129. The van der Waals surface area contributed by atoms with Gasteiger partial charge in [0.2, 0.25) is 11.8 Å². The van der Waals surface area contributed by atoms with Crippen LogP contribution in [0.4, 0.5) is 0 Å². The van der Waals surface area contributed by atoms with Gasteiger partial charge in [-0.2, -0.15) is 0 Å². The van der Waals surface area contributed by atoms with Crippen LogP contribution < -0.4 is 16.0 Å². The van der Waals surface area contributed by atoms with Crippen LogP contribution >= 0.6 is 0 Å². The molecule has 17 heavy (non-hydrogen) atoms. The van der Waals surface area contributed by atoms with Gasteiger partial charge in [-0.15, -0.1) is 0 Å². The summed E-state index contributed by atoms with van der Waals surface area (Å²) < 4.78 is 0. The minimum atomic E-state index is -0.115. The molecule has 5 nitrogen and oxygen atoms in total. The van der Waals surface area contributed by atoms with Crippen LogP contribution in [0, 0.1) is 11.8 Å². The summed E-state index contributed by atoms with van der Waals surface area (Å²) in [6.45, 7) is 6.51. The molecule has 0 aliphatic carbocycles. The first-order chi connectivity index (χ1) is 8.09. The molecular formula is C12H23N3O2. The van der Waals surface area contributed by atoms with Crippen molar-refractivity contribution in [3.63, 3.8) is 0 Å². The highest BCUT2D eigenvalue weighted by Gasteiger charge is 2.20. The lowest BCUT2D eigenvalue weighted by atomic mass is 9.99. The molecule has 98 valence electrons. The average molecular weight is 241 g/mol. The van der Waals surface area contributed by atoms with Crippen LogP contribution in [0.15, 0.2) is 0 Å². The van der Waals surface area contributed by atoms with Gasteiger partial charge in [0.05, 0.1) is 12.5 Å². The number of nitrogens with one attached hydrogen (secondary N) is 3. The smallest absolute Gasteiger partial charge is 0.239 e. The molecule has 0 unspecified atom stereocenters. The number of hydrogen-bond donors (Lipinski definition) is 3. The van der Waals surface area contributed by atoms with Gasteiger partial charge in [-0.3, -0.25) is 9.59 Å². The van der Waals surface area contributed by atoms with Crippen molar-refractivity contribution < 1.29 is 9.59 Å². The number of amides is 2. The Morgan fingerprint density at radius 1 is 1.35 bits per heavy atom. The maximum absolute atomic E-state index is 11.7. The van der Waals surface area contributed by atoms with Crippen molar-refractivity contribution >= 4 is 11.8 Å². The van der Waals surface area contributed by atoms with E-state index < -0.39 is 0 Å². The van der Waals surface area contributed by atoms with E-state index >= 15 is 0 Å². The van der Waals surface area contributed by atoms with Crippen LogP contribution in [-0.2, 0) is 9.59 Å². The SMILES string of the molecule is CC(C)CNC(=O)CNC(=O)[C@@H]1CCCNC1. The third kappa shape index (κ3) is 5.68. The topological polar surface area (TPSA) is 70.2 Å². The van der Waals surface area contributed by atoms with E-state index in [4.69, 9.17) is 0 Å². The number of piperidine rings is 1. The predicted octanol–water partition coefficient (Wildman–Crippen LogP) is -0.126. The van der Waals surface area contributed by atoms with Gasteiger partial charge in [-0.1, -0.05) is 13.8 Å².